The Kier molecular flexibility index (Phi) is 3.19. The van der Waals surface area contributed by atoms with Gasteiger partial charge in [0.1, 0.15) is 0 Å². The van der Waals surface area contributed by atoms with Crippen LogP contribution in [0.5, 0.6) is 0 Å². The van der Waals surface area contributed by atoms with Crippen molar-refractivity contribution >= 4 is 27.3 Å². The van der Waals surface area contributed by atoms with E-state index >= 15 is 0 Å². The summed E-state index contributed by atoms with van der Waals surface area (Å²) in [4.78, 5) is 0. The zero-order valence-corrected chi connectivity index (χ0v) is 15.3. The van der Waals surface area contributed by atoms with Crippen molar-refractivity contribution in [2.24, 2.45) is 28.0 Å². The second-order valence-electron chi connectivity index (χ2n) is 8.77. The highest BCUT2D eigenvalue weighted by atomic mass is 79.9. The van der Waals surface area contributed by atoms with E-state index in [9.17, 15) is 0 Å². The fraction of sp³-hybridized carbons (Fsp3) is 0.765. The summed E-state index contributed by atoms with van der Waals surface area (Å²) in [5.74, 6) is 6.98. The minimum absolute atomic E-state index is 0.292. The van der Waals surface area contributed by atoms with Gasteiger partial charge in [0.2, 0.25) is 0 Å². The van der Waals surface area contributed by atoms with Crippen LogP contribution in [0, 0.1) is 22.2 Å². The molecule has 116 valence electrons. The van der Waals surface area contributed by atoms with E-state index in [4.69, 9.17) is 5.84 Å². The molecule has 0 aromatic carbocycles. The molecule has 3 N–H and O–H groups in total. The lowest BCUT2D eigenvalue weighted by atomic mass is 9.39. The first-order chi connectivity index (χ1) is 9.87. The van der Waals surface area contributed by atoms with Crippen LogP contribution >= 0.6 is 27.3 Å². The predicted molar refractivity (Wildman–Crippen MR) is 91.9 cm³/mol. The summed E-state index contributed by atoms with van der Waals surface area (Å²) in [5, 5.41) is 4.46. The smallest absolute Gasteiger partial charge is 0.0536 e. The van der Waals surface area contributed by atoms with Crippen LogP contribution in [0.1, 0.15) is 64.0 Å². The van der Waals surface area contributed by atoms with E-state index in [-0.39, 0.29) is 0 Å². The molecule has 4 heteroatoms. The SMILES string of the molecule is CC12CC3CC(C)(C1)CC(C(NN)c1cscc1Br)(C3)C2. The van der Waals surface area contributed by atoms with Gasteiger partial charge >= 0.3 is 0 Å². The Balaban J connectivity index is 1.78. The first kappa shape index (κ1) is 14.7. The van der Waals surface area contributed by atoms with Crippen molar-refractivity contribution in [2.75, 3.05) is 0 Å². The molecule has 4 fully saturated rings. The van der Waals surface area contributed by atoms with Gasteiger partial charge in [0, 0.05) is 9.85 Å². The van der Waals surface area contributed by atoms with Crippen molar-refractivity contribution in [2.45, 2.75) is 58.4 Å². The monoisotopic (exact) mass is 368 g/mol. The molecule has 1 aromatic rings. The summed E-state index contributed by atoms with van der Waals surface area (Å²) in [7, 11) is 0. The number of hydrogen-bond acceptors (Lipinski definition) is 3. The standard InChI is InChI=1S/C17H25BrN2S/c1-15-3-11-4-16(2,8-15)10-17(5-11,9-15)14(20-19)12-6-21-7-13(12)18/h6-7,11,14,20H,3-5,8-10,19H2,1-2H3. The normalized spacial score (nSPS) is 46.0. The molecule has 4 aliphatic rings. The molecule has 4 bridgehead atoms. The third-order valence-electron chi connectivity index (χ3n) is 6.40. The van der Waals surface area contributed by atoms with Gasteiger partial charge < -0.3 is 0 Å². The van der Waals surface area contributed by atoms with E-state index in [1.807, 2.05) is 0 Å². The molecule has 3 unspecified atom stereocenters. The number of hydrazine groups is 1. The van der Waals surface area contributed by atoms with Gasteiger partial charge in [-0.3, -0.25) is 11.3 Å². The highest BCUT2D eigenvalue weighted by Crippen LogP contribution is 2.72. The second-order valence-corrected chi connectivity index (χ2v) is 10.4. The molecule has 4 aliphatic carbocycles. The number of hydrogen-bond donors (Lipinski definition) is 2. The molecular weight excluding hydrogens is 344 g/mol. The number of thiophene rings is 1. The third-order valence-corrected chi connectivity index (χ3v) is 8.15. The van der Waals surface area contributed by atoms with Crippen molar-refractivity contribution < 1.29 is 0 Å². The lowest BCUT2D eigenvalue weighted by Gasteiger charge is -2.67. The minimum Gasteiger partial charge on any atom is -0.271 e. The van der Waals surface area contributed by atoms with Crippen molar-refractivity contribution in [1.29, 1.82) is 0 Å². The molecule has 0 amide bonds. The van der Waals surface area contributed by atoms with Crippen LogP contribution in [-0.4, -0.2) is 0 Å². The van der Waals surface area contributed by atoms with Crippen LogP contribution in [-0.2, 0) is 0 Å². The van der Waals surface area contributed by atoms with Gasteiger partial charge in [-0.2, -0.15) is 11.3 Å². The molecule has 4 saturated carbocycles. The van der Waals surface area contributed by atoms with Crippen molar-refractivity contribution in [3.63, 3.8) is 0 Å². The van der Waals surface area contributed by atoms with E-state index < -0.39 is 0 Å². The number of nitrogens with two attached hydrogens (primary N) is 1. The summed E-state index contributed by atoms with van der Waals surface area (Å²) >= 11 is 5.50. The maximum Gasteiger partial charge on any atom is 0.0536 e. The van der Waals surface area contributed by atoms with Crippen LogP contribution < -0.4 is 11.3 Å². The first-order valence-electron chi connectivity index (χ1n) is 8.05. The van der Waals surface area contributed by atoms with E-state index in [0.29, 0.717) is 22.3 Å². The summed E-state index contributed by atoms with van der Waals surface area (Å²) in [5.41, 5.74) is 6.00. The Morgan fingerprint density at radius 3 is 2.33 bits per heavy atom. The summed E-state index contributed by atoms with van der Waals surface area (Å²) in [6.45, 7) is 5.06. The van der Waals surface area contributed by atoms with Crippen LogP contribution in [0.15, 0.2) is 15.2 Å². The number of nitrogens with one attached hydrogen (secondary N) is 1. The molecule has 5 rings (SSSR count). The lowest BCUT2D eigenvalue weighted by molar-refractivity contribution is -0.158. The van der Waals surface area contributed by atoms with Gasteiger partial charge in [-0.1, -0.05) is 13.8 Å². The Morgan fingerprint density at radius 2 is 1.86 bits per heavy atom. The maximum atomic E-state index is 6.07. The molecule has 2 nitrogen and oxygen atoms in total. The Bertz CT molecular complexity index is 551. The van der Waals surface area contributed by atoms with Gasteiger partial charge in [-0.15, -0.1) is 0 Å². The van der Waals surface area contributed by atoms with E-state index in [2.05, 4.69) is 46.0 Å². The van der Waals surface area contributed by atoms with Crippen molar-refractivity contribution in [3.8, 4) is 0 Å². The summed E-state index contributed by atoms with van der Waals surface area (Å²) in [6.07, 6.45) is 8.32. The third kappa shape index (κ3) is 2.17. The van der Waals surface area contributed by atoms with E-state index in [0.717, 1.165) is 5.92 Å². The van der Waals surface area contributed by atoms with Crippen LogP contribution in [0.2, 0.25) is 0 Å². The Hall–Kier alpha value is 0.100. The van der Waals surface area contributed by atoms with Gasteiger partial charge in [-0.25, -0.2) is 0 Å². The molecule has 0 spiro atoms. The average Bonchev–Trinajstić information content (AvgIpc) is 2.71. The van der Waals surface area contributed by atoms with Gasteiger partial charge in [0.05, 0.1) is 6.04 Å². The number of rotatable bonds is 3. The summed E-state index contributed by atoms with van der Waals surface area (Å²) in [6, 6.07) is 0.292. The van der Waals surface area contributed by atoms with Gasteiger partial charge in [0.25, 0.3) is 0 Å². The fourth-order valence-electron chi connectivity index (χ4n) is 6.95. The first-order valence-corrected chi connectivity index (χ1v) is 9.78. The average molecular weight is 369 g/mol. The van der Waals surface area contributed by atoms with Crippen LogP contribution in [0.4, 0.5) is 0 Å². The van der Waals surface area contributed by atoms with E-state index in [1.165, 1.54) is 48.6 Å². The maximum absolute atomic E-state index is 6.07. The molecule has 1 heterocycles. The van der Waals surface area contributed by atoms with Gasteiger partial charge in [0.15, 0.2) is 0 Å². The van der Waals surface area contributed by atoms with Crippen molar-refractivity contribution in [3.05, 3.63) is 20.8 Å². The zero-order chi connectivity index (χ0) is 14.9. The zero-order valence-electron chi connectivity index (χ0n) is 12.9. The number of halogens is 1. The van der Waals surface area contributed by atoms with Crippen molar-refractivity contribution in [1.82, 2.24) is 5.43 Å². The lowest BCUT2D eigenvalue weighted by Crippen LogP contribution is -2.59. The second kappa shape index (κ2) is 4.56. The molecule has 3 atom stereocenters. The fourth-order valence-corrected chi connectivity index (χ4v) is 8.50. The quantitative estimate of drug-likeness (QED) is 0.581. The van der Waals surface area contributed by atoms with Crippen LogP contribution in [0.25, 0.3) is 0 Å². The topological polar surface area (TPSA) is 38.0 Å². The van der Waals surface area contributed by atoms with Crippen LogP contribution in [0.3, 0.4) is 0 Å². The predicted octanol–water partition coefficient (Wildman–Crippen LogP) is 5.01. The van der Waals surface area contributed by atoms with Gasteiger partial charge in [-0.05, 0) is 87.6 Å². The highest BCUT2D eigenvalue weighted by molar-refractivity contribution is 9.10. The largest absolute Gasteiger partial charge is 0.271 e. The minimum atomic E-state index is 0.292. The molecule has 0 radical (unpaired) electrons. The Morgan fingerprint density at radius 1 is 1.19 bits per heavy atom. The molecule has 21 heavy (non-hydrogen) atoms. The summed E-state index contributed by atoms with van der Waals surface area (Å²) < 4.78 is 1.22. The van der Waals surface area contributed by atoms with E-state index in [1.54, 1.807) is 11.3 Å². The molecule has 1 aromatic heterocycles. The molecule has 0 aliphatic heterocycles. The molecular formula is C17H25BrN2S. The Labute approximate surface area is 140 Å². The highest BCUT2D eigenvalue weighted by Gasteiger charge is 2.62. The molecule has 0 saturated heterocycles.